The van der Waals surface area contributed by atoms with Gasteiger partial charge >= 0.3 is 6.18 Å². The van der Waals surface area contributed by atoms with Gasteiger partial charge in [0.1, 0.15) is 5.82 Å². The average molecular weight is 285 g/mol. The molecule has 0 aliphatic carbocycles. The predicted octanol–water partition coefficient (Wildman–Crippen LogP) is 2.28. The van der Waals surface area contributed by atoms with Gasteiger partial charge in [0, 0.05) is 6.54 Å². The van der Waals surface area contributed by atoms with Crippen molar-refractivity contribution in [2.45, 2.75) is 19.6 Å². The molecule has 3 nitrogen and oxygen atoms in total. The maximum atomic E-state index is 13.2. The maximum Gasteiger partial charge on any atom is 0.419 e. The van der Waals surface area contributed by atoms with E-state index in [0.29, 0.717) is 12.1 Å². The second-order valence-electron chi connectivity index (χ2n) is 3.54. The van der Waals surface area contributed by atoms with Crippen molar-refractivity contribution in [3.8, 4) is 0 Å². The summed E-state index contributed by atoms with van der Waals surface area (Å²) in [6.07, 6.45) is -4.76. The highest BCUT2D eigenvalue weighted by Crippen LogP contribution is 2.31. The van der Waals surface area contributed by atoms with Crippen LogP contribution in [0, 0.1) is 5.82 Å². The molecule has 1 N–H and O–H groups in total. The fourth-order valence-corrected chi connectivity index (χ4v) is 1.78. The zero-order valence-corrected chi connectivity index (χ0v) is 10.2. The van der Waals surface area contributed by atoms with Gasteiger partial charge in [-0.3, -0.25) is 0 Å². The predicted molar refractivity (Wildman–Crippen MR) is 57.7 cm³/mol. The molecule has 102 valence electrons. The Balaban J connectivity index is 2.86. The SMILES string of the molecule is CCS(=O)(=O)NCc1ccc(C(F)(F)F)c(F)c1. The number of rotatable bonds is 4. The largest absolute Gasteiger partial charge is 0.419 e. The molecule has 0 aliphatic heterocycles. The lowest BCUT2D eigenvalue weighted by atomic mass is 10.1. The van der Waals surface area contributed by atoms with Crippen LogP contribution in [-0.4, -0.2) is 14.2 Å². The van der Waals surface area contributed by atoms with E-state index in [1.54, 1.807) is 0 Å². The molecule has 0 amide bonds. The van der Waals surface area contributed by atoms with E-state index in [1.807, 2.05) is 0 Å². The first-order valence-electron chi connectivity index (χ1n) is 4.98. The van der Waals surface area contributed by atoms with E-state index >= 15 is 0 Å². The first-order valence-corrected chi connectivity index (χ1v) is 6.64. The quantitative estimate of drug-likeness (QED) is 0.863. The van der Waals surface area contributed by atoms with Crippen LogP contribution in [0.3, 0.4) is 0 Å². The van der Waals surface area contributed by atoms with Crippen molar-refractivity contribution in [1.29, 1.82) is 0 Å². The van der Waals surface area contributed by atoms with Gasteiger partial charge in [-0.05, 0) is 24.6 Å². The molecule has 1 aromatic rings. The molecule has 0 atom stereocenters. The van der Waals surface area contributed by atoms with E-state index in [-0.39, 0.29) is 17.9 Å². The third-order valence-electron chi connectivity index (χ3n) is 2.22. The Bertz CT molecular complexity index is 525. The fourth-order valence-electron chi connectivity index (χ4n) is 1.19. The van der Waals surface area contributed by atoms with E-state index in [4.69, 9.17) is 0 Å². The van der Waals surface area contributed by atoms with Crippen LogP contribution < -0.4 is 4.72 Å². The van der Waals surface area contributed by atoms with Crippen molar-refractivity contribution in [3.05, 3.63) is 35.1 Å². The van der Waals surface area contributed by atoms with E-state index in [9.17, 15) is 26.0 Å². The lowest BCUT2D eigenvalue weighted by Crippen LogP contribution is -2.24. The topological polar surface area (TPSA) is 46.2 Å². The van der Waals surface area contributed by atoms with Crippen LogP contribution in [0.4, 0.5) is 17.6 Å². The lowest BCUT2D eigenvalue weighted by molar-refractivity contribution is -0.140. The summed E-state index contributed by atoms with van der Waals surface area (Å²) in [5, 5.41) is 0. The first-order chi connectivity index (χ1) is 8.15. The zero-order chi connectivity index (χ0) is 14.0. The Morgan fingerprint density at radius 1 is 1.28 bits per heavy atom. The van der Waals surface area contributed by atoms with Gasteiger partial charge in [-0.15, -0.1) is 0 Å². The van der Waals surface area contributed by atoms with Gasteiger partial charge in [0.2, 0.25) is 10.0 Å². The van der Waals surface area contributed by atoms with Crippen molar-refractivity contribution in [2.75, 3.05) is 5.75 Å². The van der Waals surface area contributed by atoms with E-state index in [1.165, 1.54) is 6.92 Å². The Morgan fingerprint density at radius 2 is 1.89 bits per heavy atom. The zero-order valence-electron chi connectivity index (χ0n) is 9.38. The summed E-state index contributed by atoms with van der Waals surface area (Å²) >= 11 is 0. The molecule has 1 aromatic carbocycles. The molecule has 0 aromatic heterocycles. The summed E-state index contributed by atoms with van der Waals surface area (Å²) in [6.45, 7) is 1.17. The summed E-state index contributed by atoms with van der Waals surface area (Å²) in [5.41, 5.74) is -1.25. The molecule has 0 heterocycles. The van der Waals surface area contributed by atoms with Gasteiger partial charge in [0.25, 0.3) is 0 Å². The summed E-state index contributed by atoms with van der Waals surface area (Å²) < 4.78 is 74.3. The summed E-state index contributed by atoms with van der Waals surface area (Å²) in [4.78, 5) is 0. The second kappa shape index (κ2) is 5.23. The minimum absolute atomic E-state index is 0.123. The number of halogens is 4. The summed E-state index contributed by atoms with van der Waals surface area (Å²) in [6, 6.07) is 2.29. The van der Waals surface area contributed by atoms with Crippen LogP contribution >= 0.6 is 0 Å². The second-order valence-corrected chi connectivity index (χ2v) is 5.63. The van der Waals surface area contributed by atoms with Crippen molar-refractivity contribution >= 4 is 10.0 Å². The van der Waals surface area contributed by atoms with Crippen LogP contribution in [0.1, 0.15) is 18.1 Å². The van der Waals surface area contributed by atoms with Gasteiger partial charge < -0.3 is 0 Å². The highest BCUT2D eigenvalue weighted by molar-refractivity contribution is 7.89. The first kappa shape index (κ1) is 14.9. The van der Waals surface area contributed by atoms with E-state index in [2.05, 4.69) is 4.72 Å². The molecule has 18 heavy (non-hydrogen) atoms. The Labute approximate surface area is 102 Å². The molecule has 0 radical (unpaired) electrons. The minimum Gasteiger partial charge on any atom is -0.212 e. The molecular formula is C10H11F4NO2S. The number of nitrogens with one attached hydrogen (secondary N) is 1. The van der Waals surface area contributed by atoms with Crippen LogP contribution in [0.2, 0.25) is 0 Å². The molecular weight excluding hydrogens is 274 g/mol. The van der Waals surface area contributed by atoms with Gasteiger partial charge in [0.15, 0.2) is 0 Å². The fraction of sp³-hybridized carbons (Fsp3) is 0.400. The molecule has 1 rings (SSSR count). The van der Waals surface area contributed by atoms with E-state index < -0.39 is 27.6 Å². The molecule has 0 saturated heterocycles. The summed E-state index contributed by atoms with van der Waals surface area (Å²) in [7, 11) is -3.46. The van der Waals surface area contributed by atoms with Crippen LogP contribution in [0.5, 0.6) is 0 Å². The minimum atomic E-state index is -4.76. The Morgan fingerprint density at radius 3 is 2.33 bits per heavy atom. The molecule has 0 saturated carbocycles. The third-order valence-corrected chi connectivity index (χ3v) is 3.56. The molecule has 0 fully saturated rings. The standard InChI is InChI=1S/C10H11F4NO2S/c1-2-18(16,17)15-6-7-3-4-8(9(11)5-7)10(12,13)14/h3-5,15H,2,6H2,1H3. The van der Waals surface area contributed by atoms with Gasteiger partial charge in [-0.25, -0.2) is 17.5 Å². The molecule has 0 bridgehead atoms. The maximum absolute atomic E-state index is 13.2. The van der Waals surface area contributed by atoms with Crippen LogP contribution in [0.25, 0.3) is 0 Å². The van der Waals surface area contributed by atoms with Crippen molar-refractivity contribution in [2.24, 2.45) is 0 Å². The third kappa shape index (κ3) is 3.95. The number of hydrogen-bond acceptors (Lipinski definition) is 2. The van der Waals surface area contributed by atoms with Crippen molar-refractivity contribution < 1.29 is 26.0 Å². The van der Waals surface area contributed by atoms with Gasteiger partial charge in [-0.1, -0.05) is 6.07 Å². The average Bonchev–Trinajstić information content (AvgIpc) is 2.25. The van der Waals surface area contributed by atoms with E-state index in [0.717, 1.165) is 6.07 Å². The smallest absolute Gasteiger partial charge is 0.212 e. The summed E-state index contributed by atoms with van der Waals surface area (Å²) in [5.74, 6) is -1.58. The highest BCUT2D eigenvalue weighted by Gasteiger charge is 2.33. The van der Waals surface area contributed by atoms with Crippen LogP contribution in [-0.2, 0) is 22.7 Å². The lowest BCUT2D eigenvalue weighted by Gasteiger charge is -2.10. The van der Waals surface area contributed by atoms with Crippen LogP contribution in [0.15, 0.2) is 18.2 Å². The van der Waals surface area contributed by atoms with Crippen molar-refractivity contribution in [1.82, 2.24) is 4.72 Å². The molecule has 8 heteroatoms. The highest BCUT2D eigenvalue weighted by atomic mass is 32.2. The normalized spacial score (nSPS) is 12.7. The van der Waals surface area contributed by atoms with Crippen molar-refractivity contribution in [3.63, 3.8) is 0 Å². The monoisotopic (exact) mass is 285 g/mol. The number of sulfonamides is 1. The van der Waals surface area contributed by atoms with Gasteiger partial charge in [0.05, 0.1) is 11.3 Å². The molecule has 0 unspecified atom stereocenters. The Kier molecular flexibility index (Phi) is 4.33. The molecule has 0 aliphatic rings. The number of hydrogen-bond donors (Lipinski definition) is 1. The Hall–Kier alpha value is -1.15. The number of alkyl halides is 3. The number of benzene rings is 1. The van der Waals surface area contributed by atoms with Gasteiger partial charge in [-0.2, -0.15) is 13.2 Å². The molecule has 0 spiro atoms.